The van der Waals surface area contributed by atoms with Crippen LogP contribution in [0.1, 0.15) is 41.0 Å². The van der Waals surface area contributed by atoms with Crippen LogP contribution in [0.25, 0.3) is 0 Å². The van der Waals surface area contributed by atoms with Crippen molar-refractivity contribution in [3.63, 3.8) is 0 Å². The Morgan fingerprint density at radius 2 is 1.94 bits per heavy atom. The number of benzene rings is 1. The molecule has 0 radical (unpaired) electrons. The molecule has 2 atom stereocenters. The van der Waals surface area contributed by atoms with Crippen molar-refractivity contribution in [1.82, 2.24) is 14.7 Å². The summed E-state index contributed by atoms with van der Waals surface area (Å²) < 4.78 is 33.3. The van der Waals surface area contributed by atoms with Gasteiger partial charge in [0.25, 0.3) is 5.91 Å². The topological polar surface area (TPSA) is 99.2 Å². The normalized spacial score (nSPS) is 20.7. The van der Waals surface area contributed by atoms with Crippen molar-refractivity contribution in [2.45, 2.75) is 62.0 Å². The molecule has 0 aliphatic carbocycles. The fourth-order valence-electron chi connectivity index (χ4n) is 3.98. The first-order valence-corrected chi connectivity index (χ1v) is 13.4. The van der Waals surface area contributed by atoms with Gasteiger partial charge in [-0.1, -0.05) is 19.8 Å². The molecule has 1 fully saturated rings. The number of nitrogens with one attached hydrogen (secondary N) is 1. The van der Waals surface area contributed by atoms with Crippen LogP contribution in [-0.2, 0) is 14.8 Å². The smallest absolute Gasteiger partial charge is 0.263 e. The van der Waals surface area contributed by atoms with E-state index in [1.807, 2.05) is 13.8 Å². The van der Waals surface area contributed by atoms with Crippen LogP contribution in [0.3, 0.4) is 0 Å². The van der Waals surface area contributed by atoms with Crippen LogP contribution in [0.5, 0.6) is 5.75 Å². The molecule has 10 heteroatoms. The van der Waals surface area contributed by atoms with Crippen molar-refractivity contribution in [2.75, 3.05) is 32.8 Å². The lowest BCUT2D eigenvalue weighted by Gasteiger charge is -2.47. The molecule has 1 aliphatic heterocycles. The van der Waals surface area contributed by atoms with Crippen LogP contribution in [-0.4, -0.2) is 77.6 Å². The lowest BCUT2D eigenvalue weighted by molar-refractivity contribution is -0.134. The van der Waals surface area contributed by atoms with Gasteiger partial charge in [-0.3, -0.25) is 10.0 Å². The van der Waals surface area contributed by atoms with Gasteiger partial charge in [0.15, 0.2) is 0 Å². The highest BCUT2D eigenvalue weighted by atomic mass is 32.2. The van der Waals surface area contributed by atoms with Crippen LogP contribution in [0.2, 0.25) is 0 Å². The number of hydrogen-bond acceptors (Lipinski definition) is 7. The average Bonchev–Trinajstić information content (AvgIpc) is 2.78. The number of carbonyl (C=O) groups excluding carboxylic acids is 1. The minimum atomic E-state index is -4.01. The Bertz CT molecular complexity index is 951. The summed E-state index contributed by atoms with van der Waals surface area (Å²) in [6, 6.07) is 5.04. The maximum Gasteiger partial charge on any atom is 0.263 e. The molecule has 33 heavy (non-hydrogen) atoms. The minimum absolute atomic E-state index is 0.00772. The lowest BCUT2D eigenvalue weighted by atomic mass is 10.0. The van der Waals surface area contributed by atoms with Gasteiger partial charge in [-0.25, -0.2) is 13.9 Å². The number of rotatable bonds is 10. The summed E-state index contributed by atoms with van der Waals surface area (Å²) in [5.74, 6) is 5.29. The molecule has 1 saturated heterocycles. The fourth-order valence-corrected chi connectivity index (χ4v) is 7.59. The average molecular weight is 498 g/mol. The Morgan fingerprint density at radius 1 is 1.30 bits per heavy atom. The molecule has 0 saturated carbocycles. The molecule has 1 aliphatic rings. The maximum atomic E-state index is 13.7. The first kappa shape index (κ1) is 27.5. The quantitative estimate of drug-likeness (QED) is 0.291. The molecular formula is C23H35N3O5S2. The van der Waals surface area contributed by atoms with E-state index in [4.69, 9.17) is 4.74 Å². The Hall–Kier alpha value is -1.77. The van der Waals surface area contributed by atoms with Crippen molar-refractivity contribution in [3.05, 3.63) is 24.3 Å². The number of hydrogen-bond donors (Lipinski definition) is 2. The van der Waals surface area contributed by atoms with E-state index in [1.54, 1.807) is 36.3 Å². The van der Waals surface area contributed by atoms with E-state index in [-0.39, 0.29) is 23.3 Å². The zero-order valence-electron chi connectivity index (χ0n) is 20.0. The Morgan fingerprint density at radius 3 is 2.48 bits per heavy atom. The second-order valence-electron chi connectivity index (χ2n) is 8.30. The molecule has 1 heterocycles. The molecule has 2 rings (SSSR count). The van der Waals surface area contributed by atoms with Crippen LogP contribution >= 0.6 is 11.8 Å². The van der Waals surface area contributed by atoms with Crippen LogP contribution < -0.4 is 10.2 Å². The zero-order valence-corrected chi connectivity index (χ0v) is 21.6. The number of carbonyl (C=O) groups is 1. The molecule has 2 N–H and O–H groups in total. The Labute approximate surface area is 202 Å². The van der Waals surface area contributed by atoms with E-state index < -0.39 is 26.7 Å². The van der Waals surface area contributed by atoms with Gasteiger partial charge in [0.1, 0.15) is 18.4 Å². The van der Waals surface area contributed by atoms with Crippen LogP contribution in [0, 0.1) is 11.8 Å². The SMILES string of the molecule is CC#CCOc1ccc(S(=O)(=O)N2C[C@H](CCN(CC)CC)SC(C)(C)[C@@H]2C(=O)NO)cc1. The van der Waals surface area contributed by atoms with E-state index in [1.165, 1.54) is 16.4 Å². The number of thioether (sulfide) groups is 1. The number of hydroxylamine groups is 1. The van der Waals surface area contributed by atoms with Crippen molar-refractivity contribution >= 4 is 27.7 Å². The summed E-state index contributed by atoms with van der Waals surface area (Å²) in [4.78, 5) is 15.0. The van der Waals surface area contributed by atoms with Gasteiger partial charge in [0, 0.05) is 16.5 Å². The molecule has 1 amide bonds. The summed E-state index contributed by atoms with van der Waals surface area (Å²) >= 11 is 1.59. The standard InChI is InChI=1S/C23H35N3O5S2/c1-6-9-16-31-18-10-12-20(13-11-18)33(29,30)26-17-19(14-15-25(7-2)8-3)32-23(4,5)21(26)22(27)24-28/h10-13,19,21,28H,7-8,14-17H2,1-5H3,(H,24,27)/t19-,21-/m0/s1. The Kier molecular flexibility index (Phi) is 10.1. The predicted molar refractivity (Wildman–Crippen MR) is 131 cm³/mol. The molecule has 1 aromatic carbocycles. The van der Waals surface area contributed by atoms with Crippen molar-refractivity contribution < 1.29 is 23.2 Å². The van der Waals surface area contributed by atoms with Gasteiger partial charge in [0.05, 0.1) is 4.90 Å². The van der Waals surface area contributed by atoms with Gasteiger partial charge >= 0.3 is 0 Å². The van der Waals surface area contributed by atoms with E-state index in [2.05, 4.69) is 30.6 Å². The molecule has 1 aromatic rings. The van der Waals surface area contributed by atoms with Gasteiger partial charge in [-0.15, -0.1) is 17.7 Å². The first-order valence-electron chi connectivity index (χ1n) is 11.1. The molecule has 184 valence electrons. The second-order valence-corrected chi connectivity index (χ2v) is 12.1. The van der Waals surface area contributed by atoms with Gasteiger partial charge < -0.3 is 9.64 Å². The largest absolute Gasteiger partial charge is 0.481 e. The third-order valence-corrected chi connectivity index (χ3v) is 9.13. The van der Waals surface area contributed by atoms with Crippen LogP contribution in [0.15, 0.2) is 29.2 Å². The molecule has 8 nitrogen and oxygen atoms in total. The van der Waals surface area contributed by atoms with Crippen molar-refractivity contribution in [1.29, 1.82) is 0 Å². The third-order valence-electron chi connectivity index (χ3n) is 5.74. The lowest BCUT2D eigenvalue weighted by Crippen LogP contribution is -2.62. The van der Waals surface area contributed by atoms with E-state index in [0.29, 0.717) is 5.75 Å². The highest BCUT2D eigenvalue weighted by molar-refractivity contribution is 8.01. The highest BCUT2D eigenvalue weighted by Crippen LogP contribution is 2.43. The molecule has 0 aromatic heterocycles. The molecule has 0 bridgehead atoms. The number of amides is 1. The summed E-state index contributed by atoms with van der Waals surface area (Å²) in [7, 11) is -4.01. The summed E-state index contributed by atoms with van der Waals surface area (Å²) in [6.07, 6.45) is 0.792. The van der Waals surface area contributed by atoms with E-state index in [0.717, 1.165) is 26.1 Å². The first-order chi connectivity index (χ1) is 15.6. The summed E-state index contributed by atoms with van der Waals surface area (Å²) in [6.45, 7) is 12.7. The monoisotopic (exact) mass is 497 g/mol. The Balaban J connectivity index is 2.35. The molecule has 0 unspecified atom stereocenters. The van der Waals surface area contributed by atoms with E-state index in [9.17, 15) is 18.4 Å². The summed E-state index contributed by atoms with van der Waals surface area (Å²) in [5, 5.41) is 9.36. The van der Waals surface area contributed by atoms with Gasteiger partial charge in [-0.2, -0.15) is 4.31 Å². The number of sulfonamides is 1. The van der Waals surface area contributed by atoms with Gasteiger partial charge in [0.2, 0.25) is 10.0 Å². The van der Waals surface area contributed by atoms with E-state index >= 15 is 0 Å². The number of ether oxygens (including phenoxy) is 1. The fraction of sp³-hybridized carbons (Fsp3) is 0.609. The van der Waals surface area contributed by atoms with Crippen molar-refractivity contribution in [2.24, 2.45) is 0 Å². The van der Waals surface area contributed by atoms with Crippen LogP contribution in [0.4, 0.5) is 0 Å². The highest BCUT2D eigenvalue weighted by Gasteiger charge is 2.51. The summed E-state index contributed by atoms with van der Waals surface area (Å²) in [5.41, 5.74) is 1.67. The maximum absolute atomic E-state index is 13.7. The molecule has 0 spiro atoms. The third kappa shape index (κ3) is 6.87. The number of nitrogens with zero attached hydrogens (tertiary/aromatic N) is 2. The molecular weight excluding hydrogens is 462 g/mol. The minimum Gasteiger partial charge on any atom is -0.481 e. The zero-order chi connectivity index (χ0) is 24.6. The second kappa shape index (κ2) is 12.1. The predicted octanol–water partition coefficient (Wildman–Crippen LogP) is 2.58. The van der Waals surface area contributed by atoms with Crippen molar-refractivity contribution in [3.8, 4) is 17.6 Å². The van der Waals surface area contributed by atoms with Gasteiger partial charge in [-0.05, 0) is 71.1 Å².